The molecule has 24 heavy (non-hydrogen) atoms. The Morgan fingerprint density at radius 1 is 1.25 bits per heavy atom. The normalized spacial score (nSPS) is 19.8. The molecule has 2 aromatic rings. The number of hydrogen-bond donors (Lipinski definition) is 3. The summed E-state index contributed by atoms with van der Waals surface area (Å²) < 4.78 is 0. The van der Waals surface area contributed by atoms with E-state index in [4.69, 9.17) is 0 Å². The summed E-state index contributed by atoms with van der Waals surface area (Å²) in [5.74, 6) is -0.538. The predicted molar refractivity (Wildman–Crippen MR) is 91.9 cm³/mol. The highest BCUT2D eigenvalue weighted by Gasteiger charge is 2.43. The van der Waals surface area contributed by atoms with Crippen LogP contribution in [0.3, 0.4) is 0 Å². The molecule has 7 heteroatoms. The summed E-state index contributed by atoms with van der Waals surface area (Å²) in [5.41, 5.74) is 0.0550. The van der Waals surface area contributed by atoms with Crippen molar-refractivity contribution in [1.82, 2.24) is 10.6 Å². The van der Waals surface area contributed by atoms with E-state index in [1.54, 1.807) is 42.5 Å². The third-order valence-corrected chi connectivity index (χ3v) is 4.90. The second-order valence-corrected chi connectivity index (χ2v) is 7.22. The standard InChI is InChI=1S/C17H17N3O3S/c1-10-6-7-13(24-10)9-14(21)18-12-5-3-4-11(8-12)17(2)15(22)19-16(23)20-17/h3-8H,9H2,1-2H3,(H,18,21)(H2,19,20,22,23)/t17-/m0/s1. The van der Waals surface area contributed by atoms with Gasteiger partial charge in [-0.25, -0.2) is 4.79 Å². The molecule has 3 rings (SSSR count). The number of urea groups is 1. The quantitative estimate of drug-likeness (QED) is 0.744. The molecular formula is C17H17N3O3S. The van der Waals surface area contributed by atoms with Gasteiger partial charge < -0.3 is 10.6 Å². The molecule has 3 N–H and O–H groups in total. The minimum absolute atomic E-state index is 0.126. The van der Waals surface area contributed by atoms with Gasteiger partial charge >= 0.3 is 6.03 Å². The van der Waals surface area contributed by atoms with Crippen molar-refractivity contribution in [3.8, 4) is 0 Å². The Labute approximate surface area is 143 Å². The second-order valence-electron chi connectivity index (χ2n) is 5.85. The number of carbonyl (C=O) groups excluding carboxylic acids is 3. The van der Waals surface area contributed by atoms with Crippen LogP contribution < -0.4 is 16.0 Å². The maximum atomic E-state index is 12.2. The molecule has 0 aliphatic carbocycles. The molecule has 1 aromatic carbocycles. The highest BCUT2D eigenvalue weighted by molar-refractivity contribution is 7.12. The van der Waals surface area contributed by atoms with Crippen molar-refractivity contribution in [2.24, 2.45) is 0 Å². The lowest BCUT2D eigenvalue weighted by Gasteiger charge is -2.21. The summed E-state index contributed by atoms with van der Waals surface area (Å²) in [6.45, 7) is 3.62. The van der Waals surface area contributed by atoms with Gasteiger partial charge in [-0.2, -0.15) is 0 Å². The zero-order valence-electron chi connectivity index (χ0n) is 13.3. The lowest BCUT2D eigenvalue weighted by Crippen LogP contribution is -2.40. The highest BCUT2D eigenvalue weighted by Crippen LogP contribution is 2.26. The molecule has 1 aliphatic rings. The summed E-state index contributed by atoms with van der Waals surface area (Å²) in [6, 6.07) is 10.3. The fraction of sp³-hybridized carbons (Fsp3) is 0.235. The molecule has 1 fully saturated rings. The van der Waals surface area contributed by atoms with E-state index >= 15 is 0 Å². The number of benzene rings is 1. The van der Waals surface area contributed by atoms with Crippen LogP contribution in [0.4, 0.5) is 10.5 Å². The van der Waals surface area contributed by atoms with E-state index < -0.39 is 17.5 Å². The Kier molecular flexibility index (Phi) is 4.11. The van der Waals surface area contributed by atoms with Gasteiger partial charge in [-0.3, -0.25) is 14.9 Å². The van der Waals surface area contributed by atoms with E-state index in [2.05, 4.69) is 16.0 Å². The zero-order chi connectivity index (χ0) is 17.3. The third-order valence-electron chi connectivity index (χ3n) is 3.90. The molecular weight excluding hydrogens is 326 g/mol. The van der Waals surface area contributed by atoms with Gasteiger partial charge in [-0.05, 0) is 43.7 Å². The lowest BCUT2D eigenvalue weighted by atomic mass is 9.92. The van der Waals surface area contributed by atoms with Crippen LogP contribution in [0.5, 0.6) is 0 Å². The van der Waals surface area contributed by atoms with Crippen LogP contribution in [-0.2, 0) is 21.5 Å². The Morgan fingerprint density at radius 2 is 2.04 bits per heavy atom. The van der Waals surface area contributed by atoms with Crippen molar-refractivity contribution in [2.75, 3.05) is 5.32 Å². The Balaban J connectivity index is 1.75. The third kappa shape index (κ3) is 3.16. The minimum atomic E-state index is -1.14. The van der Waals surface area contributed by atoms with Gasteiger partial charge in [0.2, 0.25) is 5.91 Å². The number of imide groups is 1. The number of aryl methyl sites for hydroxylation is 1. The molecule has 1 atom stereocenters. The van der Waals surface area contributed by atoms with E-state index in [1.807, 2.05) is 19.1 Å². The maximum Gasteiger partial charge on any atom is 0.322 e. The van der Waals surface area contributed by atoms with E-state index in [9.17, 15) is 14.4 Å². The lowest BCUT2D eigenvalue weighted by molar-refractivity contribution is -0.123. The molecule has 0 radical (unpaired) electrons. The van der Waals surface area contributed by atoms with Crippen molar-refractivity contribution in [2.45, 2.75) is 25.8 Å². The molecule has 0 saturated carbocycles. The van der Waals surface area contributed by atoms with Crippen LogP contribution in [0.1, 0.15) is 22.2 Å². The van der Waals surface area contributed by atoms with Crippen molar-refractivity contribution in [3.63, 3.8) is 0 Å². The summed E-state index contributed by atoms with van der Waals surface area (Å²) in [7, 11) is 0. The van der Waals surface area contributed by atoms with E-state index in [0.717, 1.165) is 9.75 Å². The Hall–Kier alpha value is -2.67. The first-order chi connectivity index (χ1) is 11.4. The smallest absolute Gasteiger partial charge is 0.322 e. The zero-order valence-corrected chi connectivity index (χ0v) is 14.1. The number of amides is 4. The van der Waals surface area contributed by atoms with Crippen LogP contribution in [0.2, 0.25) is 0 Å². The minimum Gasteiger partial charge on any atom is -0.326 e. The maximum absolute atomic E-state index is 12.2. The van der Waals surface area contributed by atoms with Crippen LogP contribution in [-0.4, -0.2) is 17.8 Å². The number of anilines is 1. The average Bonchev–Trinajstić information content (AvgIpc) is 3.03. The Bertz CT molecular complexity index is 830. The van der Waals surface area contributed by atoms with Crippen molar-refractivity contribution >= 4 is 34.9 Å². The van der Waals surface area contributed by atoms with E-state index in [0.29, 0.717) is 17.7 Å². The summed E-state index contributed by atoms with van der Waals surface area (Å²) in [4.78, 5) is 37.7. The number of carbonyl (C=O) groups is 3. The number of hydrogen-bond acceptors (Lipinski definition) is 4. The first-order valence-electron chi connectivity index (χ1n) is 7.46. The Morgan fingerprint density at radius 3 is 2.67 bits per heavy atom. The molecule has 2 heterocycles. The van der Waals surface area contributed by atoms with Crippen LogP contribution in [0.25, 0.3) is 0 Å². The molecule has 6 nitrogen and oxygen atoms in total. The molecule has 0 bridgehead atoms. The average molecular weight is 343 g/mol. The highest BCUT2D eigenvalue weighted by atomic mass is 32.1. The number of thiophene rings is 1. The summed E-state index contributed by atoms with van der Waals surface area (Å²) in [5, 5.41) is 7.67. The number of rotatable bonds is 4. The molecule has 0 spiro atoms. The molecule has 124 valence electrons. The van der Waals surface area contributed by atoms with E-state index in [-0.39, 0.29) is 5.91 Å². The summed E-state index contributed by atoms with van der Waals surface area (Å²) >= 11 is 1.59. The van der Waals surface area contributed by atoms with Crippen LogP contribution in [0, 0.1) is 6.92 Å². The van der Waals surface area contributed by atoms with Gasteiger partial charge in [-0.15, -0.1) is 11.3 Å². The van der Waals surface area contributed by atoms with E-state index in [1.165, 1.54) is 0 Å². The van der Waals surface area contributed by atoms with Crippen molar-refractivity contribution < 1.29 is 14.4 Å². The van der Waals surface area contributed by atoms with Crippen molar-refractivity contribution in [1.29, 1.82) is 0 Å². The topological polar surface area (TPSA) is 87.3 Å². The second kappa shape index (κ2) is 6.09. The van der Waals surface area contributed by atoms with Crippen LogP contribution in [0.15, 0.2) is 36.4 Å². The number of nitrogens with one attached hydrogen (secondary N) is 3. The fourth-order valence-corrected chi connectivity index (χ4v) is 3.49. The largest absolute Gasteiger partial charge is 0.326 e. The SMILES string of the molecule is Cc1ccc(CC(=O)Nc2cccc([C@]3(C)NC(=O)NC3=O)c2)s1. The molecule has 1 aliphatic heterocycles. The predicted octanol–water partition coefficient (Wildman–Crippen LogP) is 2.29. The monoisotopic (exact) mass is 343 g/mol. The first-order valence-corrected chi connectivity index (χ1v) is 8.28. The molecule has 1 aromatic heterocycles. The van der Waals surface area contributed by atoms with Gasteiger partial charge in [0.05, 0.1) is 6.42 Å². The van der Waals surface area contributed by atoms with Crippen LogP contribution >= 0.6 is 11.3 Å². The van der Waals surface area contributed by atoms with Gasteiger partial charge in [0.25, 0.3) is 5.91 Å². The fourth-order valence-electron chi connectivity index (χ4n) is 2.60. The molecule has 4 amide bonds. The first kappa shape index (κ1) is 16.2. The van der Waals surface area contributed by atoms with Gasteiger partial charge in [0.15, 0.2) is 0 Å². The van der Waals surface area contributed by atoms with Crippen molar-refractivity contribution in [3.05, 3.63) is 51.7 Å². The molecule has 0 unspecified atom stereocenters. The van der Waals surface area contributed by atoms with Gasteiger partial charge in [0, 0.05) is 15.4 Å². The summed E-state index contributed by atoms with van der Waals surface area (Å²) in [6.07, 6.45) is 0.303. The molecule has 1 saturated heterocycles. The van der Waals surface area contributed by atoms with Gasteiger partial charge in [-0.1, -0.05) is 12.1 Å². The van der Waals surface area contributed by atoms with Gasteiger partial charge in [0.1, 0.15) is 5.54 Å².